The Labute approximate surface area is 119 Å². The Kier molecular flexibility index (Phi) is 3.62. The fourth-order valence-corrected chi connectivity index (χ4v) is 2.06. The van der Waals surface area contributed by atoms with Crippen molar-refractivity contribution in [3.63, 3.8) is 0 Å². The Morgan fingerprint density at radius 2 is 2.00 bits per heavy atom. The number of aromatic nitrogens is 2. The van der Waals surface area contributed by atoms with E-state index in [0.717, 1.165) is 5.56 Å². The Bertz CT molecular complexity index is 721. The van der Waals surface area contributed by atoms with Crippen LogP contribution in [0.1, 0.15) is 16.8 Å². The number of anilines is 1. The molecule has 0 bridgehead atoms. The summed E-state index contributed by atoms with van der Waals surface area (Å²) in [5.41, 5.74) is 6.60. The zero-order valence-electron chi connectivity index (χ0n) is 9.56. The average molecular weight is 292 g/mol. The molecule has 0 saturated heterocycles. The van der Waals surface area contributed by atoms with E-state index in [0.29, 0.717) is 10.0 Å². The molecule has 0 saturated carbocycles. The third-order valence-electron chi connectivity index (χ3n) is 2.54. The summed E-state index contributed by atoms with van der Waals surface area (Å²) in [6.07, 6.45) is 0. The molecule has 94 valence electrons. The van der Waals surface area contributed by atoms with Gasteiger partial charge >= 0.3 is 0 Å². The van der Waals surface area contributed by atoms with Gasteiger partial charge in [-0.25, -0.2) is 4.68 Å². The molecule has 2 rings (SSSR count). The first-order chi connectivity index (χ1) is 9.06. The number of nitrogen functional groups attached to an aromatic ring is 1. The maximum Gasteiger partial charge on any atom is 0.182 e. The number of hydrogen-bond donors (Lipinski definition) is 1. The van der Waals surface area contributed by atoms with E-state index >= 15 is 0 Å². The fourth-order valence-electron chi connectivity index (χ4n) is 1.60. The van der Waals surface area contributed by atoms with E-state index < -0.39 is 0 Å². The lowest BCUT2D eigenvalue weighted by Gasteiger charge is -2.06. The van der Waals surface area contributed by atoms with Gasteiger partial charge in [0, 0.05) is 10.0 Å². The molecule has 2 N–H and O–H groups in total. The van der Waals surface area contributed by atoms with Crippen LogP contribution in [-0.4, -0.2) is 9.78 Å². The van der Waals surface area contributed by atoms with E-state index in [1.807, 2.05) is 12.1 Å². The van der Waals surface area contributed by atoms with Gasteiger partial charge in [-0.15, -0.1) is 0 Å². The van der Waals surface area contributed by atoms with Crippen molar-refractivity contribution in [2.24, 2.45) is 0 Å². The molecule has 0 unspecified atom stereocenters. The molecule has 5 nitrogen and oxygen atoms in total. The third-order valence-corrected chi connectivity index (χ3v) is 3.13. The second-order valence-electron chi connectivity index (χ2n) is 3.73. The molecule has 0 amide bonds. The minimum Gasteiger partial charge on any atom is -0.383 e. The summed E-state index contributed by atoms with van der Waals surface area (Å²) in [4.78, 5) is 0. The highest BCUT2D eigenvalue weighted by molar-refractivity contribution is 6.35. The first kappa shape index (κ1) is 13.2. The molecule has 0 aliphatic carbocycles. The van der Waals surface area contributed by atoms with Crippen LogP contribution in [0.5, 0.6) is 0 Å². The van der Waals surface area contributed by atoms with Gasteiger partial charge in [0.2, 0.25) is 0 Å². The smallest absolute Gasteiger partial charge is 0.182 e. The second-order valence-corrected chi connectivity index (χ2v) is 4.57. The highest BCUT2D eigenvalue weighted by Gasteiger charge is 2.15. The molecule has 0 fully saturated rings. The predicted molar refractivity (Wildman–Crippen MR) is 71.6 cm³/mol. The Morgan fingerprint density at radius 3 is 2.53 bits per heavy atom. The lowest BCUT2D eigenvalue weighted by molar-refractivity contribution is 0.694. The van der Waals surface area contributed by atoms with Gasteiger partial charge < -0.3 is 5.73 Å². The van der Waals surface area contributed by atoms with Crippen molar-refractivity contribution in [1.29, 1.82) is 10.5 Å². The summed E-state index contributed by atoms with van der Waals surface area (Å²) in [5.74, 6) is 0.144. The van der Waals surface area contributed by atoms with Gasteiger partial charge in [-0.3, -0.25) is 0 Å². The van der Waals surface area contributed by atoms with E-state index in [4.69, 9.17) is 39.5 Å². The van der Waals surface area contributed by atoms with Crippen molar-refractivity contribution in [3.8, 4) is 12.1 Å². The van der Waals surface area contributed by atoms with Crippen molar-refractivity contribution in [2.45, 2.75) is 6.54 Å². The van der Waals surface area contributed by atoms with Gasteiger partial charge in [-0.2, -0.15) is 15.6 Å². The Hall–Kier alpha value is -2.21. The zero-order valence-corrected chi connectivity index (χ0v) is 11.1. The number of nitrogens with two attached hydrogens (primary N) is 1. The molecule has 1 aromatic carbocycles. The van der Waals surface area contributed by atoms with Gasteiger partial charge in [-0.1, -0.05) is 29.3 Å². The van der Waals surface area contributed by atoms with Crippen LogP contribution < -0.4 is 5.73 Å². The summed E-state index contributed by atoms with van der Waals surface area (Å²) in [7, 11) is 0. The molecule has 2 aromatic rings. The molecule has 19 heavy (non-hydrogen) atoms. The molecule has 0 aliphatic rings. The standard InChI is InChI=1S/C12H7Cl2N5/c13-8-2-1-7(10(14)3-8)6-19-12(17)9(4-15)11(5-16)18-19/h1-3H,6,17H2. The monoisotopic (exact) mass is 291 g/mol. The molecule has 0 aliphatic heterocycles. The van der Waals surface area contributed by atoms with Gasteiger partial charge in [0.15, 0.2) is 5.69 Å². The lowest BCUT2D eigenvalue weighted by atomic mass is 10.2. The molecule has 0 radical (unpaired) electrons. The lowest BCUT2D eigenvalue weighted by Crippen LogP contribution is -2.06. The van der Waals surface area contributed by atoms with Crippen molar-refractivity contribution in [3.05, 3.63) is 45.1 Å². The minimum absolute atomic E-state index is 0.00471. The van der Waals surface area contributed by atoms with Gasteiger partial charge in [0.05, 0.1) is 6.54 Å². The number of halogens is 2. The van der Waals surface area contributed by atoms with Gasteiger partial charge in [0.25, 0.3) is 0 Å². The summed E-state index contributed by atoms with van der Waals surface area (Å²) >= 11 is 11.9. The van der Waals surface area contributed by atoms with Crippen LogP contribution in [0, 0.1) is 22.7 Å². The summed E-state index contributed by atoms with van der Waals surface area (Å²) < 4.78 is 1.37. The molecule has 0 spiro atoms. The quantitative estimate of drug-likeness (QED) is 0.920. The first-order valence-electron chi connectivity index (χ1n) is 5.17. The maximum atomic E-state index is 8.92. The Morgan fingerprint density at radius 1 is 1.26 bits per heavy atom. The normalized spacial score (nSPS) is 9.89. The first-order valence-corrected chi connectivity index (χ1v) is 5.92. The van der Waals surface area contributed by atoms with Crippen LogP contribution in [0.4, 0.5) is 5.82 Å². The van der Waals surface area contributed by atoms with Gasteiger partial charge in [-0.05, 0) is 17.7 Å². The van der Waals surface area contributed by atoms with Crippen molar-refractivity contribution in [1.82, 2.24) is 9.78 Å². The van der Waals surface area contributed by atoms with Crippen molar-refractivity contribution in [2.75, 3.05) is 5.73 Å². The van der Waals surface area contributed by atoms with Crippen LogP contribution in [0.15, 0.2) is 18.2 Å². The molecular formula is C12H7Cl2N5. The van der Waals surface area contributed by atoms with Crippen LogP contribution in [0.2, 0.25) is 10.0 Å². The molecule has 1 aromatic heterocycles. The average Bonchev–Trinajstić information content (AvgIpc) is 2.69. The van der Waals surface area contributed by atoms with E-state index in [1.165, 1.54) is 4.68 Å². The summed E-state index contributed by atoms with van der Waals surface area (Å²) in [5, 5.41) is 22.8. The van der Waals surface area contributed by atoms with Gasteiger partial charge in [0.1, 0.15) is 23.5 Å². The van der Waals surface area contributed by atoms with Crippen LogP contribution in [0.3, 0.4) is 0 Å². The molecular weight excluding hydrogens is 285 g/mol. The van der Waals surface area contributed by atoms with Crippen LogP contribution >= 0.6 is 23.2 Å². The van der Waals surface area contributed by atoms with E-state index in [2.05, 4.69) is 5.10 Å². The van der Waals surface area contributed by atoms with Crippen LogP contribution in [0.25, 0.3) is 0 Å². The molecule has 0 atom stereocenters. The van der Waals surface area contributed by atoms with E-state index in [1.54, 1.807) is 18.2 Å². The maximum absolute atomic E-state index is 8.92. The molecule has 7 heteroatoms. The molecule has 1 heterocycles. The van der Waals surface area contributed by atoms with Crippen molar-refractivity contribution < 1.29 is 0 Å². The Balaban J connectivity index is 2.43. The SMILES string of the molecule is N#Cc1nn(Cc2ccc(Cl)cc2Cl)c(N)c1C#N. The number of rotatable bonds is 2. The highest BCUT2D eigenvalue weighted by atomic mass is 35.5. The van der Waals surface area contributed by atoms with E-state index in [9.17, 15) is 0 Å². The topological polar surface area (TPSA) is 91.4 Å². The second kappa shape index (κ2) is 5.19. The summed E-state index contributed by atoms with van der Waals surface area (Å²) in [6, 6.07) is 8.73. The van der Waals surface area contributed by atoms with Crippen LogP contribution in [-0.2, 0) is 6.54 Å². The summed E-state index contributed by atoms with van der Waals surface area (Å²) in [6.45, 7) is 0.262. The minimum atomic E-state index is 0.00471. The van der Waals surface area contributed by atoms with Crippen molar-refractivity contribution >= 4 is 29.0 Å². The van der Waals surface area contributed by atoms with E-state index in [-0.39, 0.29) is 23.6 Å². The largest absolute Gasteiger partial charge is 0.383 e. The zero-order chi connectivity index (χ0) is 14.0. The number of hydrogen-bond acceptors (Lipinski definition) is 4. The predicted octanol–water partition coefficient (Wildman–Crippen LogP) is 2.56. The third kappa shape index (κ3) is 2.48. The number of nitrogens with zero attached hydrogens (tertiary/aromatic N) is 4. The highest BCUT2D eigenvalue weighted by Crippen LogP contribution is 2.23. The number of benzene rings is 1. The number of nitriles is 2. The fraction of sp³-hybridized carbons (Fsp3) is 0.0833.